The number of rotatable bonds is 7. The van der Waals surface area contributed by atoms with Crippen molar-refractivity contribution in [1.82, 2.24) is 0 Å². The largest absolute Gasteiger partial charge is 0.454 e. The predicted octanol–water partition coefficient (Wildman–Crippen LogP) is 14.9. The van der Waals surface area contributed by atoms with Crippen LogP contribution < -0.4 is 4.90 Å². The topological polar surface area (TPSA) is 16.4 Å². The molecule has 0 aliphatic heterocycles. The van der Waals surface area contributed by atoms with E-state index < -0.39 is 0 Å². The van der Waals surface area contributed by atoms with Gasteiger partial charge in [0.25, 0.3) is 0 Å². The first-order valence-electron chi connectivity index (χ1n) is 18.4. The number of furan rings is 1. The fourth-order valence-electron chi connectivity index (χ4n) is 7.72. The molecule has 10 rings (SSSR count). The molecule has 0 N–H and O–H groups in total. The van der Waals surface area contributed by atoms with Gasteiger partial charge in [0.05, 0.1) is 5.69 Å². The summed E-state index contributed by atoms with van der Waals surface area (Å²) in [6, 6.07) is 75.9. The van der Waals surface area contributed by atoms with Crippen molar-refractivity contribution in [3.05, 3.63) is 212 Å². The smallest absolute Gasteiger partial charge is 0.159 e. The Morgan fingerprint density at radius 2 is 0.815 bits per heavy atom. The van der Waals surface area contributed by atoms with Crippen LogP contribution in [0.15, 0.2) is 217 Å². The average molecular weight is 690 g/mol. The Balaban J connectivity index is 1.13. The molecule has 9 aromatic carbocycles. The summed E-state index contributed by atoms with van der Waals surface area (Å²) in [4.78, 5) is 2.35. The van der Waals surface area contributed by atoms with E-state index in [4.69, 9.17) is 4.42 Å². The molecule has 2 heteroatoms. The normalized spacial score (nSPS) is 11.3. The van der Waals surface area contributed by atoms with E-state index in [1.54, 1.807) is 0 Å². The zero-order chi connectivity index (χ0) is 35.8. The zero-order valence-electron chi connectivity index (χ0n) is 29.6. The van der Waals surface area contributed by atoms with Crippen LogP contribution >= 0.6 is 0 Å². The van der Waals surface area contributed by atoms with Crippen molar-refractivity contribution in [1.29, 1.82) is 0 Å². The van der Waals surface area contributed by atoms with Crippen molar-refractivity contribution in [2.45, 2.75) is 0 Å². The van der Waals surface area contributed by atoms with Crippen molar-refractivity contribution in [3.63, 3.8) is 0 Å². The molecule has 10 aromatic rings. The number of benzene rings is 9. The van der Waals surface area contributed by atoms with Crippen LogP contribution in [0.1, 0.15) is 0 Å². The van der Waals surface area contributed by atoms with Gasteiger partial charge >= 0.3 is 0 Å². The number of para-hydroxylation sites is 2. The van der Waals surface area contributed by atoms with Crippen molar-refractivity contribution < 1.29 is 4.42 Å². The van der Waals surface area contributed by atoms with Crippen molar-refractivity contribution in [3.8, 4) is 44.5 Å². The summed E-state index contributed by atoms with van der Waals surface area (Å²) >= 11 is 0. The molecule has 0 radical (unpaired) electrons. The highest BCUT2D eigenvalue weighted by Crippen LogP contribution is 2.44. The van der Waals surface area contributed by atoms with Gasteiger partial charge in [0, 0.05) is 22.1 Å². The molecule has 0 saturated heterocycles. The second-order valence-corrected chi connectivity index (χ2v) is 13.8. The Morgan fingerprint density at radius 1 is 0.296 bits per heavy atom. The second kappa shape index (κ2) is 13.4. The quantitative estimate of drug-likeness (QED) is 0.166. The van der Waals surface area contributed by atoms with Gasteiger partial charge in [-0.25, -0.2) is 0 Å². The molecule has 0 aliphatic rings. The van der Waals surface area contributed by atoms with Gasteiger partial charge in [-0.3, -0.25) is 0 Å². The lowest BCUT2D eigenvalue weighted by Crippen LogP contribution is -2.10. The highest BCUT2D eigenvalue weighted by atomic mass is 16.3. The Bertz CT molecular complexity index is 2870. The first-order chi connectivity index (χ1) is 26.7. The summed E-state index contributed by atoms with van der Waals surface area (Å²) in [6.07, 6.45) is 0. The Morgan fingerprint density at radius 3 is 1.56 bits per heavy atom. The molecular weight excluding hydrogens is 655 g/mol. The summed E-state index contributed by atoms with van der Waals surface area (Å²) in [7, 11) is 0. The maximum Gasteiger partial charge on any atom is 0.159 e. The van der Waals surface area contributed by atoms with Crippen molar-refractivity contribution >= 4 is 49.8 Å². The molecule has 0 fully saturated rings. The zero-order valence-corrected chi connectivity index (χ0v) is 29.6. The van der Waals surface area contributed by atoms with Crippen LogP contribution in [0.25, 0.3) is 77.2 Å². The molecule has 1 heterocycles. The summed E-state index contributed by atoms with van der Waals surface area (Å²) in [5, 5.41) is 4.70. The molecule has 0 saturated carbocycles. The van der Waals surface area contributed by atoms with Crippen molar-refractivity contribution in [2.24, 2.45) is 0 Å². The molecule has 0 aliphatic carbocycles. The lowest BCUT2D eigenvalue weighted by molar-refractivity contribution is 0.669. The predicted molar refractivity (Wildman–Crippen MR) is 228 cm³/mol. The maximum absolute atomic E-state index is 6.67. The van der Waals surface area contributed by atoms with E-state index in [2.05, 4.69) is 205 Å². The van der Waals surface area contributed by atoms with Crippen LogP contribution in [0.4, 0.5) is 17.1 Å². The van der Waals surface area contributed by atoms with Gasteiger partial charge in [-0.05, 0) is 110 Å². The van der Waals surface area contributed by atoms with E-state index in [1.165, 1.54) is 38.6 Å². The molecule has 1 aromatic heterocycles. The van der Waals surface area contributed by atoms with Crippen molar-refractivity contribution in [2.75, 3.05) is 4.90 Å². The molecular formula is C52H35NO. The fraction of sp³-hybridized carbons (Fsp3) is 0. The first-order valence-corrected chi connectivity index (χ1v) is 18.4. The highest BCUT2D eigenvalue weighted by molar-refractivity contribution is 6.10. The number of hydrogen-bond acceptors (Lipinski definition) is 2. The van der Waals surface area contributed by atoms with Gasteiger partial charge in [-0.2, -0.15) is 0 Å². The summed E-state index contributed by atoms with van der Waals surface area (Å²) in [6.45, 7) is 0. The monoisotopic (exact) mass is 689 g/mol. The van der Waals surface area contributed by atoms with Gasteiger partial charge in [0.2, 0.25) is 0 Å². The molecule has 0 atom stereocenters. The summed E-state index contributed by atoms with van der Waals surface area (Å²) < 4.78 is 6.67. The highest BCUT2D eigenvalue weighted by Gasteiger charge is 2.21. The van der Waals surface area contributed by atoms with E-state index in [0.717, 1.165) is 55.7 Å². The first kappa shape index (κ1) is 31.6. The maximum atomic E-state index is 6.67. The summed E-state index contributed by atoms with van der Waals surface area (Å²) in [5.74, 6) is 0. The lowest BCUT2D eigenvalue weighted by Gasteiger charge is -2.27. The van der Waals surface area contributed by atoms with E-state index in [9.17, 15) is 0 Å². The molecule has 254 valence electrons. The third-order valence-electron chi connectivity index (χ3n) is 10.4. The molecule has 0 spiro atoms. The van der Waals surface area contributed by atoms with Gasteiger partial charge in [0.15, 0.2) is 5.58 Å². The average Bonchev–Trinajstić information content (AvgIpc) is 3.64. The Hall–Kier alpha value is -7.16. The van der Waals surface area contributed by atoms with Crippen LogP contribution in [0, 0.1) is 0 Å². The summed E-state index contributed by atoms with van der Waals surface area (Å²) in [5.41, 5.74) is 14.2. The van der Waals surface area contributed by atoms with E-state index in [0.29, 0.717) is 0 Å². The van der Waals surface area contributed by atoms with Gasteiger partial charge in [0.1, 0.15) is 5.58 Å². The minimum atomic E-state index is 0.859. The van der Waals surface area contributed by atoms with Gasteiger partial charge < -0.3 is 9.32 Å². The number of fused-ring (bicyclic) bond motifs is 4. The minimum absolute atomic E-state index is 0.859. The molecule has 0 amide bonds. The van der Waals surface area contributed by atoms with Crippen LogP contribution in [0.5, 0.6) is 0 Å². The Labute approximate surface area is 314 Å². The molecule has 0 bridgehead atoms. The molecule has 0 unspecified atom stereocenters. The number of nitrogens with zero attached hydrogens (tertiary/aromatic N) is 1. The van der Waals surface area contributed by atoms with Gasteiger partial charge in [-0.15, -0.1) is 0 Å². The van der Waals surface area contributed by atoms with E-state index >= 15 is 0 Å². The minimum Gasteiger partial charge on any atom is -0.454 e. The standard InChI is InChI=1S/C52H35NO/c1-3-13-36(14-4-1)44-33-45(37-15-5-2-6-16-37)35-47(34-44)53(50-23-12-22-49-48-21-9-10-24-51(48)54-52(49)50)46-29-27-39(28-30-46)41-19-11-20-42(31-41)43-26-25-38-17-7-8-18-40(38)32-43/h1-35H. The molecule has 2 nitrogen and oxygen atoms in total. The SMILES string of the molecule is c1ccc(-c2cc(-c3ccccc3)cc(N(c3ccc(-c4cccc(-c5ccc6ccccc6c5)c4)cc3)c3cccc4c3oc3ccccc34)c2)cc1. The van der Waals surface area contributed by atoms with E-state index in [1.807, 2.05) is 12.1 Å². The fourth-order valence-corrected chi connectivity index (χ4v) is 7.72. The van der Waals surface area contributed by atoms with E-state index in [-0.39, 0.29) is 0 Å². The van der Waals surface area contributed by atoms with Crippen LogP contribution in [0.3, 0.4) is 0 Å². The van der Waals surface area contributed by atoms with Gasteiger partial charge in [-0.1, -0.05) is 158 Å². The van der Waals surface area contributed by atoms with Crippen LogP contribution in [-0.4, -0.2) is 0 Å². The Kier molecular flexibility index (Phi) is 7.85. The number of anilines is 3. The lowest BCUT2D eigenvalue weighted by atomic mass is 9.96. The molecule has 54 heavy (non-hydrogen) atoms. The third kappa shape index (κ3) is 5.81. The second-order valence-electron chi connectivity index (χ2n) is 13.8. The number of hydrogen-bond donors (Lipinski definition) is 0. The third-order valence-corrected chi connectivity index (χ3v) is 10.4. The van der Waals surface area contributed by atoms with Crippen LogP contribution in [0.2, 0.25) is 0 Å². The van der Waals surface area contributed by atoms with Crippen LogP contribution in [-0.2, 0) is 0 Å².